The van der Waals surface area contributed by atoms with Crippen LogP contribution in [0.15, 0.2) is 35.3 Å². The second kappa shape index (κ2) is 39.5. The molecule has 0 unspecified atom stereocenters. The number of aliphatic hydroxyl groups is 2. The highest BCUT2D eigenvalue weighted by molar-refractivity contribution is 7.80. The summed E-state index contributed by atoms with van der Waals surface area (Å²) in [6.45, 7) is 11.1. The van der Waals surface area contributed by atoms with Crippen molar-refractivity contribution in [3.05, 3.63) is 35.9 Å². The summed E-state index contributed by atoms with van der Waals surface area (Å²) in [6.07, 6.45) is 0.568. The van der Waals surface area contributed by atoms with Crippen LogP contribution in [0.4, 0.5) is 0 Å². The summed E-state index contributed by atoms with van der Waals surface area (Å²) in [5.74, 6) is -12.7. The molecule has 20 N–H and O–H groups in total. The van der Waals surface area contributed by atoms with Crippen molar-refractivity contribution in [1.29, 1.82) is 0 Å². The van der Waals surface area contributed by atoms with Gasteiger partial charge in [0.15, 0.2) is 0 Å². The second-order valence-electron chi connectivity index (χ2n) is 20.8. The van der Waals surface area contributed by atoms with Crippen LogP contribution in [0.1, 0.15) is 106 Å². The third-order valence-electron chi connectivity index (χ3n) is 14.0. The maximum absolute atomic E-state index is 14.2. The topological polar surface area (TPSA) is 482 Å². The number of nitrogens with two attached hydrogens (primary N) is 4. The number of nitrogens with one attached hydrogen (secondary N) is 10. The van der Waals surface area contributed by atoms with Crippen LogP contribution >= 0.6 is 25.3 Å². The van der Waals surface area contributed by atoms with Gasteiger partial charge in [-0.25, -0.2) is 0 Å². The molecular weight excluding hydrogens is 1150 g/mol. The first-order valence-corrected chi connectivity index (χ1v) is 29.4. The first kappa shape index (κ1) is 75.9. The van der Waals surface area contributed by atoms with Crippen molar-refractivity contribution in [1.82, 2.24) is 53.2 Å². The molecule has 14 atom stereocenters. The Morgan fingerprint density at radius 1 is 0.494 bits per heavy atom. The maximum Gasteiger partial charge on any atom is 0.245 e. The Labute approximate surface area is 507 Å². The predicted octanol–water partition coefficient (Wildman–Crippen LogP) is -4.69. The Morgan fingerprint density at radius 3 is 1.31 bits per heavy atom. The Bertz CT molecular complexity index is 2440. The molecule has 29 nitrogen and oxygen atoms in total. The number of carbonyl (C=O) groups is 12. The molecule has 0 radical (unpaired) electrons. The lowest BCUT2D eigenvalue weighted by Crippen LogP contribution is -2.63. The van der Waals surface area contributed by atoms with Gasteiger partial charge in [-0.05, 0) is 62.8 Å². The van der Waals surface area contributed by atoms with Crippen LogP contribution in [0.25, 0.3) is 0 Å². The number of aliphatic hydroxyl groups excluding tert-OH is 2. The summed E-state index contributed by atoms with van der Waals surface area (Å²) in [5.41, 5.74) is 23.3. The molecule has 12 amide bonds. The normalized spacial score (nSPS) is 16.3. The fourth-order valence-corrected chi connectivity index (χ4v) is 8.53. The molecule has 0 saturated heterocycles. The minimum atomic E-state index is -1.73. The van der Waals surface area contributed by atoms with E-state index in [-0.39, 0.29) is 50.2 Å². The molecule has 0 aliphatic carbocycles. The quantitative estimate of drug-likeness (QED) is 0.0127. The minimum Gasteiger partial charge on any atom is -0.394 e. The van der Waals surface area contributed by atoms with Gasteiger partial charge in [0, 0.05) is 24.5 Å². The predicted molar refractivity (Wildman–Crippen MR) is 322 cm³/mol. The van der Waals surface area contributed by atoms with Gasteiger partial charge in [-0.3, -0.25) is 62.5 Å². The number of primary amides is 2. The molecule has 0 bridgehead atoms. The van der Waals surface area contributed by atoms with Gasteiger partial charge < -0.3 is 86.3 Å². The van der Waals surface area contributed by atoms with Crippen LogP contribution in [0, 0.1) is 17.8 Å². The average Bonchev–Trinajstić information content (AvgIpc) is 3.59. The zero-order chi connectivity index (χ0) is 64.7. The molecule has 1 aromatic rings. The number of amides is 12. The standard InChI is InChI=1S/C54H91N15O14S2/c1-9-27(4)41(67-46(75)33(56)22-32-16-13-12-14-17-32)52(81)63-36(23-70)49(78)62-35(19-20-40(57)72)48(77)68-43(29(6)11-3)54(83)69-42(28(5)10-2)53(82)64-37(24-71)50(79)66-39(26-85)51(80)60-30(7)45(74)61-34(18-15-21-59-31(8)55)47(76)65-38(25-84)44(58)73/h12-14,16-17,27-30,33-39,41-43,70-71,84-85H,9-11,15,18-26,56H2,1-8H3,(H2,55,59)(H2,57,72)(H2,58,73)(H,60,80)(H,61,74)(H,62,78)(H,63,81)(H,64,82)(H,65,76)(H,66,79)(H,67,75)(H,68,77)(H,69,83)/t27-,28-,29-,30-,33-,34-,35-,36-,37-,38-,39-,41-,42-,43-/m0/s1. The van der Waals surface area contributed by atoms with Gasteiger partial charge in [-0.15, -0.1) is 0 Å². The number of hydrogen-bond donors (Lipinski definition) is 18. The third kappa shape index (κ3) is 26.8. The number of rotatable bonds is 40. The summed E-state index contributed by atoms with van der Waals surface area (Å²) in [5, 5.41) is 45.4. The van der Waals surface area contributed by atoms with Crippen molar-refractivity contribution in [2.75, 3.05) is 31.3 Å². The molecule has 478 valence electrons. The number of thiol groups is 2. The maximum atomic E-state index is 14.2. The molecule has 85 heavy (non-hydrogen) atoms. The smallest absolute Gasteiger partial charge is 0.245 e. The van der Waals surface area contributed by atoms with Crippen LogP contribution in [-0.2, 0) is 64.0 Å². The third-order valence-corrected chi connectivity index (χ3v) is 14.7. The molecule has 0 aliphatic rings. The molecular formula is C54H91N15O14S2. The first-order chi connectivity index (χ1) is 40.0. The molecule has 0 aliphatic heterocycles. The first-order valence-electron chi connectivity index (χ1n) is 28.1. The molecule has 0 aromatic heterocycles. The van der Waals surface area contributed by atoms with E-state index in [1.54, 1.807) is 78.8 Å². The summed E-state index contributed by atoms with van der Waals surface area (Å²) in [7, 11) is 0. The van der Waals surface area contributed by atoms with Gasteiger partial charge in [0.1, 0.15) is 60.4 Å². The number of carbonyl (C=O) groups excluding carboxylic acids is 12. The minimum absolute atomic E-state index is 0.0327. The summed E-state index contributed by atoms with van der Waals surface area (Å²) < 4.78 is 0. The van der Waals surface area contributed by atoms with Crippen molar-refractivity contribution >= 4 is 102 Å². The van der Waals surface area contributed by atoms with Crippen molar-refractivity contribution < 1.29 is 67.7 Å². The van der Waals surface area contributed by atoms with E-state index in [0.717, 1.165) is 5.56 Å². The molecule has 0 saturated carbocycles. The van der Waals surface area contributed by atoms with Gasteiger partial charge in [0.05, 0.1) is 25.1 Å². The largest absolute Gasteiger partial charge is 0.394 e. The second-order valence-corrected chi connectivity index (χ2v) is 21.5. The van der Waals surface area contributed by atoms with E-state index >= 15 is 0 Å². The Kier molecular flexibility index (Phi) is 35.3. The highest BCUT2D eigenvalue weighted by Gasteiger charge is 2.38. The van der Waals surface area contributed by atoms with E-state index in [2.05, 4.69) is 83.4 Å². The summed E-state index contributed by atoms with van der Waals surface area (Å²) in [4.78, 5) is 164. The van der Waals surface area contributed by atoms with E-state index in [1.165, 1.54) is 6.92 Å². The number of benzene rings is 1. The fraction of sp³-hybridized carbons (Fsp3) is 0.648. The van der Waals surface area contributed by atoms with E-state index in [0.29, 0.717) is 12.3 Å². The lowest BCUT2D eigenvalue weighted by atomic mass is 9.94. The monoisotopic (exact) mass is 1240 g/mol. The van der Waals surface area contributed by atoms with E-state index in [1.807, 2.05) is 0 Å². The summed E-state index contributed by atoms with van der Waals surface area (Å²) in [6, 6.07) is -6.33. The van der Waals surface area contributed by atoms with Crippen molar-refractivity contribution in [2.24, 2.45) is 45.7 Å². The van der Waals surface area contributed by atoms with Crippen LogP contribution < -0.4 is 76.1 Å². The van der Waals surface area contributed by atoms with Gasteiger partial charge in [-0.1, -0.05) is 91.1 Å². The van der Waals surface area contributed by atoms with Crippen LogP contribution in [0.3, 0.4) is 0 Å². The van der Waals surface area contributed by atoms with Crippen LogP contribution in [0.5, 0.6) is 0 Å². The van der Waals surface area contributed by atoms with E-state index < -0.39 is 181 Å². The number of hydrogen-bond acceptors (Lipinski definition) is 18. The van der Waals surface area contributed by atoms with Gasteiger partial charge in [0.25, 0.3) is 0 Å². The van der Waals surface area contributed by atoms with Crippen LogP contribution in [0.2, 0.25) is 0 Å². The number of aliphatic imine (C=N–C) groups is 1. The molecule has 1 rings (SSSR count). The molecule has 0 heterocycles. The highest BCUT2D eigenvalue weighted by Crippen LogP contribution is 2.15. The number of nitrogens with zero attached hydrogens (tertiary/aromatic N) is 1. The lowest BCUT2D eigenvalue weighted by molar-refractivity contribution is -0.137. The molecule has 0 fully saturated rings. The van der Waals surface area contributed by atoms with Crippen LogP contribution in [-0.4, -0.2) is 185 Å². The number of amidine groups is 1. The van der Waals surface area contributed by atoms with Crippen molar-refractivity contribution in [3.63, 3.8) is 0 Å². The van der Waals surface area contributed by atoms with Gasteiger partial charge in [0.2, 0.25) is 70.9 Å². The fourth-order valence-electron chi connectivity index (χ4n) is 8.00. The Hall–Kier alpha value is -7.09. The SMILES string of the molecule is CC[C@H](C)[C@H](NC(=O)[C@H](CCC(N)=O)NC(=O)[C@H](CO)NC(=O)[C@@H](NC(=O)[C@@H](N)Cc1ccccc1)[C@@H](C)CC)C(=O)N[C@H](C(=O)N[C@@H](CO)C(=O)N[C@@H](CS)C(=O)N[C@@H](C)C(=O)N[C@@H](CCCN=C(C)N)C(=O)N[C@@H](CS)C(N)=O)[C@@H](C)CC. The van der Waals surface area contributed by atoms with E-state index in [4.69, 9.17) is 22.9 Å². The molecule has 0 spiro atoms. The average molecular weight is 1240 g/mol. The molecule has 31 heteroatoms. The van der Waals surface area contributed by atoms with Gasteiger partial charge >= 0.3 is 0 Å². The van der Waals surface area contributed by atoms with Crippen molar-refractivity contribution in [2.45, 2.75) is 173 Å². The summed E-state index contributed by atoms with van der Waals surface area (Å²) >= 11 is 8.19. The zero-order valence-corrected chi connectivity index (χ0v) is 51.4. The Balaban J connectivity index is 3.28. The van der Waals surface area contributed by atoms with Gasteiger partial charge in [-0.2, -0.15) is 25.3 Å². The lowest BCUT2D eigenvalue weighted by Gasteiger charge is -2.31. The zero-order valence-electron chi connectivity index (χ0n) is 49.6. The van der Waals surface area contributed by atoms with E-state index in [9.17, 15) is 67.7 Å². The Morgan fingerprint density at radius 2 is 0.871 bits per heavy atom. The van der Waals surface area contributed by atoms with Crippen molar-refractivity contribution in [3.8, 4) is 0 Å². The highest BCUT2D eigenvalue weighted by atomic mass is 32.1. The molecule has 1 aromatic carbocycles.